The maximum Gasteiger partial charge on any atom is 0.331 e. The molecule has 1 aliphatic heterocycles. The summed E-state index contributed by atoms with van der Waals surface area (Å²) in [5.74, 6) is 2.62. The van der Waals surface area contributed by atoms with Crippen LogP contribution in [0.2, 0.25) is 0 Å². The molecule has 0 spiro atoms. The number of carbonyl (C=O) groups is 2. The Morgan fingerprint density at radius 3 is 2.77 bits per heavy atom. The SMILES string of the molecule is CC(C)c1cc(NC(=O)n2ccc3cc(Oc4ncnc5c4CN(C(=O)C4CC4)C5)ccc32)no1. The number of anilines is 1. The van der Waals surface area contributed by atoms with Crippen LogP contribution >= 0.6 is 0 Å². The molecule has 1 saturated carbocycles. The van der Waals surface area contributed by atoms with Crippen molar-refractivity contribution in [1.29, 1.82) is 0 Å². The Morgan fingerprint density at radius 1 is 1.14 bits per heavy atom. The Hall–Kier alpha value is -4.21. The van der Waals surface area contributed by atoms with Gasteiger partial charge in [0, 0.05) is 29.5 Å². The lowest BCUT2D eigenvalue weighted by molar-refractivity contribution is -0.133. The van der Waals surface area contributed by atoms with Gasteiger partial charge < -0.3 is 14.2 Å². The van der Waals surface area contributed by atoms with Crippen molar-refractivity contribution in [2.45, 2.75) is 45.7 Å². The van der Waals surface area contributed by atoms with Crippen LogP contribution in [0, 0.1) is 5.92 Å². The van der Waals surface area contributed by atoms with Gasteiger partial charge in [-0.1, -0.05) is 19.0 Å². The number of benzene rings is 1. The number of ether oxygens (including phenoxy) is 1. The zero-order valence-electron chi connectivity index (χ0n) is 19.4. The average molecular weight is 473 g/mol. The summed E-state index contributed by atoms with van der Waals surface area (Å²) in [6.45, 7) is 4.93. The Balaban J connectivity index is 1.20. The minimum Gasteiger partial charge on any atom is -0.439 e. The molecule has 1 fully saturated rings. The van der Waals surface area contributed by atoms with Crippen LogP contribution in [0.5, 0.6) is 11.6 Å². The van der Waals surface area contributed by atoms with Gasteiger partial charge in [-0.3, -0.25) is 14.7 Å². The van der Waals surface area contributed by atoms with Crippen LogP contribution in [0.4, 0.5) is 10.6 Å². The van der Waals surface area contributed by atoms with Crippen LogP contribution in [0.25, 0.3) is 10.9 Å². The van der Waals surface area contributed by atoms with E-state index in [0.29, 0.717) is 36.3 Å². The maximum atomic E-state index is 12.8. The highest BCUT2D eigenvalue weighted by atomic mass is 16.5. The van der Waals surface area contributed by atoms with Crippen molar-refractivity contribution in [3.8, 4) is 11.6 Å². The average Bonchev–Trinajstić information content (AvgIpc) is 3.23. The van der Waals surface area contributed by atoms with E-state index in [0.717, 1.165) is 35.0 Å². The van der Waals surface area contributed by atoms with Crippen molar-refractivity contribution in [2.75, 3.05) is 5.32 Å². The third-order valence-electron chi connectivity index (χ3n) is 6.35. The standard InChI is InChI=1S/C25H24N6O4/c1-14(2)21-10-22(29-35-21)28-25(33)31-8-7-16-9-17(5-6-20(16)31)34-23-18-11-30(24(32)15-3-4-15)12-19(18)26-13-27-23/h5-10,13-15H,3-4,11-12H2,1-2H3,(H,28,29,33). The van der Waals surface area contributed by atoms with Gasteiger partial charge in [-0.2, -0.15) is 0 Å². The van der Waals surface area contributed by atoms with E-state index >= 15 is 0 Å². The van der Waals surface area contributed by atoms with Crippen molar-refractivity contribution < 1.29 is 18.8 Å². The molecule has 178 valence electrons. The largest absolute Gasteiger partial charge is 0.439 e. The van der Waals surface area contributed by atoms with E-state index in [4.69, 9.17) is 9.26 Å². The normalized spacial score (nSPS) is 15.0. The van der Waals surface area contributed by atoms with Crippen LogP contribution in [0.1, 0.15) is 49.6 Å². The van der Waals surface area contributed by atoms with Crippen LogP contribution in [-0.4, -0.2) is 36.5 Å². The molecule has 0 radical (unpaired) electrons. The predicted octanol–water partition coefficient (Wildman–Crippen LogP) is 4.67. The molecular weight excluding hydrogens is 448 g/mol. The number of hydrogen-bond donors (Lipinski definition) is 1. The zero-order chi connectivity index (χ0) is 24.1. The molecule has 0 unspecified atom stereocenters. The summed E-state index contributed by atoms with van der Waals surface area (Å²) >= 11 is 0. The summed E-state index contributed by atoms with van der Waals surface area (Å²) < 4.78 is 12.9. The molecular formula is C25H24N6O4. The minimum absolute atomic E-state index is 0.159. The van der Waals surface area contributed by atoms with E-state index in [9.17, 15) is 9.59 Å². The third-order valence-corrected chi connectivity index (χ3v) is 6.35. The van der Waals surface area contributed by atoms with Gasteiger partial charge in [0.25, 0.3) is 0 Å². The highest BCUT2D eigenvalue weighted by molar-refractivity contribution is 5.98. The lowest BCUT2D eigenvalue weighted by Gasteiger charge is -2.14. The van der Waals surface area contributed by atoms with E-state index < -0.39 is 0 Å². The lowest BCUT2D eigenvalue weighted by Crippen LogP contribution is -2.26. The maximum absolute atomic E-state index is 12.8. The summed E-state index contributed by atoms with van der Waals surface area (Å²) in [5, 5.41) is 7.50. The quantitative estimate of drug-likeness (QED) is 0.449. The van der Waals surface area contributed by atoms with E-state index in [1.807, 2.05) is 36.9 Å². The van der Waals surface area contributed by atoms with Crippen molar-refractivity contribution in [2.24, 2.45) is 5.92 Å². The van der Waals surface area contributed by atoms with Crippen LogP contribution in [0.3, 0.4) is 0 Å². The molecule has 0 bridgehead atoms. The summed E-state index contributed by atoms with van der Waals surface area (Å²) in [4.78, 5) is 35.8. The summed E-state index contributed by atoms with van der Waals surface area (Å²) in [6.07, 6.45) is 5.09. The topological polar surface area (TPSA) is 115 Å². The molecule has 2 amide bonds. The highest BCUT2D eigenvalue weighted by Crippen LogP contribution is 2.36. The number of nitrogens with zero attached hydrogens (tertiary/aromatic N) is 5. The second-order valence-electron chi connectivity index (χ2n) is 9.28. The van der Waals surface area contributed by atoms with Gasteiger partial charge in [-0.15, -0.1) is 0 Å². The van der Waals surface area contributed by atoms with Crippen molar-refractivity contribution in [1.82, 2.24) is 24.6 Å². The fourth-order valence-electron chi connectivity index (χ4n) is 4.25. The Labute approximate surface area is 200 Å². The summed E-state index contributed by atoms with van der Waals surface area (Å²) in [6, 6.07) is 8.67. The van der Waals surface area contributed by atoms with Crippen molar-refractivity contribution >= 4 is 28.7 Å². The predicted molar refractivity (Wildman–Crippen MR) is 126 cm³/mol. The molecule has 3 aromatic heterocycles. The number of nitrogens with one attached hydrogen (secondary N) is 1. The molecule has 0 atom stereocenters. The van der Waals surface area contributed by atoms with Gasteiger partial charge in [0.05, 0.1) is 29.9 Å². The molecule has 1 N–H and O–H groups in total. The smallest absolute Gasteiger partial charge is 0.331 e. The van der Waals surface area contributed by atoms with E-state index in [1.165, 1.54) is 10.9 Å². The number of rotatable bonds is 5. The molecule has 35 heavy (non-hydrogen) atoms. The van der Waals surface area contributed by atoms with Gasteiger partial charge >= 0.3 is 6.03 Å². The molecule has 4 heterocycles. The highest BCUT2D eigenvalue weighted by Gasteiger charge is 2.37. The van der Waals surface area contributed by atoms with Crippen molar-refractivity contribution in [3.63, 3.8) is 0 Å². The fraction of sp³-hybridized carbons (Fsp3) is 0.320. The Morgan fingerprint density at radius 2 is 2.00 bits per heavy atom. The van der Waals surface area contributed by atoms with Gasteiger partial charge in [-0.25, -0.2) is 14.8 Å². The van der Waals surface area contributed by atoms with Gasteiger partial charge in [0.15, 0.2) is 5.82 Å². The number of amides is 2. The monoisotopic (exact) mass is 472 g/mol. The number of aromatic nitrogens is 4. The zero-order valence-corrected chi connectivity index (χ0v) is 19.4. The number of fused-ring (bicyclic) bond motifs is 2. The van der Waals surface area contributed by atoms with E-state index in [1.54, 1.807) is 18.3 Å². The third kappa shape index (κ3) is 4.01. The molecule has 2 aliphatic rings. The molecule has 4 aromatic rings. The molecule has 6 rings (SSSR count). The Kier molecular flexibility index (Phi) is 5.01. The van der Waals surface area contributed by atoms with Gasteiger partial charge in [0.1, 0.15) is 17.8 Å². The number of carbonyl (C=O) groups excluding carboxylic acids is 2. The first-order valence-corrected chi connectivity index (χ1v) is 11.6. The lowest BCUT2D eigenvalue weighted by atomic mass is 10.2. The van der Waals surface area contributed by atoms with Crippen LogP contribution in [0.15, 0.2) is 47.4 Å². The van der Waals surface area contributed by atoms with Crippen LogP contribution in [-0.2, 0) is 17.9 Å². The van der Waals surface area contributed by atoms with E-state index in [-0.39, 0.29) is 23.8 Å². The van der Waals surface area contributed by atoms with Gasteiger partial charge in [-0.05, 0) is 37.1 Å². The summed E-state index contributed by atoms with van der Waals surface area (Å²) in [5.41, 5.74) is 2.38. The molecule has 1 aromatic carbocycles. The second kappa shape index (κ2) is 8.23. The van der Waals surface area contributed by atoms with Crippen molar-refractivity contribution in [3.05, 3.63) is 59.9 Å². The second-order valence-corrected chi connectivity index (χ2v) is 9.28. The Bertz CT molecular complexity index is 1450. The van der Waals surface area contributed by atoms with E-state index in [2.05, 4.69) is 20.4 Å². The van der Waals surface area contributed by atoms with Crippen LogP contribution < -0.4 is 10.1 Å². The summed E-state index contributed by atoms with van der Waals surface area (Å²) in [7, 11) is 0. The first-order valence-electron chi connectivity index (χ1n) is 11.6. The first kappa shape index (κ1) is 21.3. The minimum atomic E-state index is -0.341. The van der Waals surface area contributed by atoms with Gasteiger partial charge in [0.2, 0.25) is 11.8 Å². The molecule has 1 aliphatic carbocycles. The molecule has 0 saturated heterocycles. The molecule has 10 heteroatoms. The first-order chi connectivity index (χ1) is 17.0. The fourth-order valence-corrected chi connectivity index (χ4v) is 4.25. The number of hydrogen-bond acceptors (Lipinski definition) is 7. The molecule has 10 nitrogen and oxygen atoms in total.